The molecule has 2 saturated heterocycles. The summed E-state index contributed by atoms with van der Waals surface area (Å²) in [6.07, 6.45) is 11.8. The Balaban J connectivity index is 0.885. The molecule has 0 spiro atoms. The summed E-state index contributed by atoms with van der Waals surface area (Å²) in [5.74, 6) is 4.34. The lowest BCUT2D eigenvalue weighted by Gasteiger charge is -2.57. The average Bonchev–Trinajstić information content (AvgIpc) is 3.54. The van der Waals surface area contributed by atoms with Crippen molar-refractivity contribution in [1.29, 1.82) is 0 Å². The van der Waals surface area contributed by atoms with Crippen LogP contribution >= 0.6 is 0 Å². The predicted molar refractivity (Wildman–Crippen MR) is 190 cm³/mol. The summed E-state index contributed by atoms with van der Waals surface area (Å²) in [6, 6.07) is 6.27. The van der Waals surface area contributed by atoms with E-state index in [0.717, 1.165) is 86.7 Å². The minimum absolute atomic E-state index is 0.0571. The van der Waals surface area contributed by atoms with Crippen LogP contribution in [0.2, 0.25) is 0 Å². The Bertz CT molecular complexity index is 1670. The lowest BCUT2D eigenvalue weighted by molar-refractivity contribution is -0.159. The zero-order valence-electron chi connectivity index (χ0n) is 29.8. The first-order valence-corrected chi connectivity index (χ1v) is 20.3. The molecule has 1 aromatic heterocycles. The number of benzene rings is 1. The number of urea groups is 1. The Hall–Kier alpha value is -3.12. The van der Waals surface area contributed by atoms with E-state index in [4.69, 9.17) is 4.74 Å². The van der Waals surface area contributed by atoms with Gasteiger partial charge in [-0.15, -0.1) is 0 Å². The van der Waals surface area contributed by atoms with Crippen LogP contribution in [0.5, 0.6) is 5.75 Å². The number of nitrogens with zero attached hydrogens (tertiary/aromatic N) is 4. The molecule has 1 aromatic carbocycles. The quantitative estimate of drug-likeness (QED) is 0.383. The molecule has 12 heteroatoms. The second kappa shape index (κ2) is 13.8. The van der Waals surface area contributed by atoms with Crippen LogP contribution in [0.25, 0.3) is 10.9 Å². The van der Waals surface area contributed by atoms with Gasteiger partial charge in [0.05, 0.1) is 17.5 Å². The molecule has 3 heterocycles. The highest BCUT2D eigenvalue weighted by Crippen LogP contribution is 2.60. The number of ether oxygens (including phenoxy) is 1. The van der Waals surface area contributed by atoms with Crippen LogP contribution in [0, 0.1) is 35.0 Å². The summed E-state index contributed by atoms with van der Waals surface area (Å²) < 4.78 is 31.8. The highest BCUT2D eigenvalue weighted by atomic mass is 32.2. The van der Waals surface area contributed by atoms with E-state index in [0.29, 0.717) is 47.5 Å². The maximum absolute atomic E-state index is 13.9. The zero-order chi connectivity index (χ0) is 35.4. The smallest absolute Gasteiger partial charge is 0.320 e. The first kappa shape index (κ1) is 35.3. The summed E-state index contributed by atoms with van der Waals surface area (Å²) in [5.41, 5.74) is 0.254. The summed E-state index contributed by atoms with van der Waals surface area (Å²) in [7, 11) is -4.17. The predicted octanol–water partition coefficient (Wildman–Crippen LogP) is 5.10. The van der Waals surface area contributed by atoms with Crippen LogP contribution in [0.1, 0.15) is 85.0 Å². The van der Waals surface area contributed by atoms with Crippen molar-refractivity contribution in [1.82, 2.24) is 18.7 Å². The van der Waals surface area contributed by atoms with E-state index in [-0.39, 0.29) is 30.6 Å². The third-order valence-electron chi connectivity index (χ3n) is 12.8. The van der Waals surface area contributed by atoms with Crippen LogP contribution in [0.4, 0.5) is 4.79 Å². The lowest BCUT2D eigenvalue weighted by atomic mass is 9.49. The highest BCUT2D eigenvalue weighted by molar-refractivity contribution is 8.04. The van der Waals surface area contributed by atoms with E-state index in [1.165, 1.54) is 25.5 Å². The van der Waals surface area contributed by atoms with Crippen LogP contribution in [0.15, 0.2) is 30.5 Å². The Kier molecular flexibility index (Phi) is 9.73. The molecule has 11 nitrogen and oxygen atoms in total. The number of rotatable bonds is 9. The first-order valence-electron chi connectivity index (χ1n) is 18.9. The molecule has 8 rings (SSSR count). The van der Waals surface area contributed by atoms with Crippen molar-refractivity contribution in [3.8, 4) is 5.75 Å². The van der Waals surface area contributed by atoms with Crippen LogP contribution in [-0.4, -0.2) is 101 Å². The Morgan fingerprint density at radius 3 is 2.00 bits per heavy atom. The molecular weight excluding hydrogens is 657 g/mol. The van der Waals surface area contributed by atoms with E-state index in [2.05, 4.69) is 4.90 Å². The number of hydrogen-bond donors (Lipinski definition) is 1. The molecule has 50 heavy (non-hydrogen) atoms. The average molecular weight is 711 g/mol. The lowest BCUT2D eigenvalue weighted by Crippen LogP contribution is -2.56. The van der Waals surface area contributed by atoms with Crippen molar-refractivity contribution in [2.45, 2.75) is 97.1 Å². The molecule has 3 amide bonds. The molecule has 274 valence electrons. The number of aliphatic hydroxyl groups is 1. The van der Waals surface area contributed by atoms with Crippen molar-refractivity contribution >= 4 is 38.0 Å². The minimum atomic E-state index is -4.17. The topological polar surface area (TPSA) is 129 Å². The van der Waals surface area contributed by atoms with Crippen LogP contribution < -0.4 is 4.74 Å². The molecule has 0 radical (unpaired) electrons. The molecule has 1 unspecified atom stereocenters. The Morgan fingerprint density at radius 2 is 1.46 bits per heavy atom. The summed E-state index contributed by atoms with van der Waals surface area (Å²) in [4.78, 5) is 45.1. The van der Waals surface area contributed by atoms with Gasteiger partial charge in [-0.3, -0.25) is 9.59 Å². The molecule has 2 aromatic rings. The fourth-order valence-electron chi connectivity index (χ4n) is 10.6. The number of aromatic nitrogens is 1. The van der Waals surface area contributed by atoms with Gasteiger partial charge in [-0.1, -0.05) is 6.07 Å². The van der Waals surface area contributed by atoms with Crippen molar-refractivity contribution in [2.24, 2.45) is 35.0 Å². The SMILES string of the molecule is CC(=O)S(=O)(=O)n1ccc2c(OCC(O)CN(C(=O)N3CCC(C4CCN(C(=O)C56CC7CC(CC(C7)C5)C6)CC4)CC3)C(C)C)cccc21. The second-order valence-electron chi connectivity index (χ2n) is 16.4. The summed E-state index contributed by atoms with van der Waals surface area (Å²) >= 11 is 0. The summed E-state index contributed by atoms with van der Waals surface area (Å²) in [6.45, 7) is 8.03. The minimum Gasteiger partial charge on any atom is -0.490 e. The molecule has 2 aliphatic heterocycles. The Labute approximate surface area is 296 Å². The number of likely N-dealkylation sites (tertiary alicyclic amines) is 2. The van der Waals surface area contributed by atoms with Crippen molar-refractivity contribution in [3.63, 3.8) is 0 Å². The second-order valence-corrected chi connectivity index (χ2v) is 18.4. The number of hydrogen-bond acceptors (Lipinski definition) is 7. The molecule has 4 saturated carbocycles. The molecule has 1 N–H and O–H groups in total. The van der Waals surface area contributed by atoms with Gasteiger partial charge in [-0.25, -0.2) is 8.77 Å². The standard InChI is InChI=1S/C38H54N4O7S/c1-25(2)41(23-32(44)24-49-35-6-4-5-34-33(35)11-16-42(34)50(47,48)26(3)43)37(46)40-14-9-31(10-15-40)30-7-12-39(13-8-30)36(45)38-20-27-17-28(21-38)19-29(18-27)22-38/h4-6,11,16,25,27-32,44H,7-10,12-15,17-24H2,1-3H3. The zero-order valence-corrected chi connectivity index (χ0v) is 30.7. The number of amides is 3. The van der Waals surface area contributed by atoms with Crippen molar-refractivity contribution in [3.05, 3.63) is 30.5 Å². The van der Waals surface area contributed by atoms with Crippen LogP contribution in [0.3, 0.4) is 0 Å². The molecular formula is C38H54N4O7S. The molecule has 4 aliphatic carbocycles. The van der Waals surface area contributed by atoms with E-state index >= 15 is 0 Å². The first-order chi connectivity index (χ1) is 23.8. The molecule has 1 atom stereocenters. The van der Waals surface area contributed by atoms with Crippen molar-refractivity contribution < 1.29 is 32.6 Å². The molecule has 4 bridgehead atoms. The maximum atomic E-state index is 13.9. The van der Waals surface area contributed by atoms with Gasteiger partial charge in [0.1, 0.15) is 18.5 Å². The molecule has 6 aliphatic rings. The van der Waals surface area contributed by atoms with Gasteiger partial charge < -0.3 is 24.5 Å². The van der Waals surface area contributed by atoms with Gasteiger partial charge in [0.25, 0.3) is 5.12 Å². The third-order valence-corrected chi connectivity index (χ3v) is 14.3. The molecule has 6 fully saturated rings. The highest BCUT2D eigenvalue weighted by Gasteiger charge is 2.55. The fraction of sp³-hybridized carbons (Fsp3) is 0.711. The number of fused-ring (bicyclic) bond motifs is 1. The maximum Gasteiger partial charge on any atom is 0.320 e. The van der Waals surface area contributed by atoms with Gasteiger partial charge in [-0.2, -0.15) is 8.42 Å². The fourth-order valence-corrected chi connectivity index (χ4v) is 11.5. The van der Waals surface area contributed by atoms with Gasteiger partial charge in [0.2, 0.25) is 5.91 Å². The van der Waals surface area contributed by atoms with E-state index in [1.807, 2.05) is 18.7 Å². The number of aliphatic hydroxyl groups excluding tert-OH is 1. The van der Waals surface area contributed by atoms with E-state index < -0.39 is 21.2 Å². The number of piperidine rings is 2. The number of carbonyl (C=O) groups is 3. The van der Waals surface area contributed by atoms with Gasteiger partial charge in [0, 0.05) is 50.7 Å². The number of carbonyl (C=O) groups excluding carboxylic acids is 3. The normalized spacial score (nSPS) is 28.0. The van der Waals surface area contributed by atoms with E-state index in [1.54, 1.807) is 29.2 Å². The summed E-state index contributed by atoms with van der Waals surface area (Å²) in [5, 5.41) is 10.5. The van der Waals surface area contributed by atoms with Gasteiger partial charge in [0.15, 0.2) is 0 Å². The van der Waals surface area contributed by atoms with Crippen molar-refractivity contribution in [2.75, 3.05) is 39.3 Å². The van der Waals surface area contributed by atoms with Crippen LogP contribution in [-0.2, 0) is 19.6 Å². The Morgan fingerprint density at radius 1 is 0.900 bits per heavy atom. The third kappa shape index (κ3) is 6.66. The monoisotopic (exact) mass is 710 g/mol. The van der Waals surface area contributed by atoms with Gasteiger partial charge in [-0.05, 0) is 126 Å². The van der Waals surface area contributed by atoms with E-state index in [9.17, 15) is 27.9 Å². The largest absolute Gasteiger partial charge is 0.490 e. The van der Waals surface area contributed by atoms with Gasteiger partial charge >= 0.3 is 16.1 Å².